The molecule has 0 saturated heterocycles. The van der Waals surface area contributed by atoms with Gasteiger partial charge in [0.1, 0.15) is 0 Å². The molecule has 0 bridgehead atoms. The molecule has 0 spiro atoms. The second-order valence-corrected chi connectivity index (χ2v) is 6.47. The second kappa shape index (κ2) is 7.43. The van der Waals surface area contributed by atoms with Crippen LogP contribution in [0, 0.1) is 0 Å². The SMILES string of the molecule is O=C(NC(=S)Nc1c(-c2ccccc2)[nH]c2ccccc12)c1ccccc1. The summed E-state index contributed by atoms with van der Waals surface area (Å²) < 4.78 is 0. The van der Waals surface area contributed by atoms with Crippen LogP contribution in [0.15, 0.2) is 84.9 Å². The number of benzene rings is 3. The number of rotatable bonds is 3. The summed E-state index contributed by atoms with van der Waals surface area (Å²) in [5.41, 5.74) is 4.36. The molecule has 0 atom stereocenters. The number of aromatic amines is 1. The lowest BCUT2D eigenvalue weighted by atomic mass is 10.1. The summed E-state index contributed by atoms with van der Waals surface area (Å²) in [4.78, 5) is 15.8. The highest BCUT2D eigenvalue weighted by atomic mass is 32.1. The monoisotopic (exact) mass is 371 g/mol. The molecule has 4 aromatic rings. The Hall–Kier alpha value is -3.44. The van der Waals surface area contributed by atoms with Crippen LogP contribution >= 0.6 is 12.2 Å². The summed E-state index contributed by atoms with van der Waals surface area (Å²) in [6.45, 7) is 0. The average Bonchev–Trinajstić information content (AvgIpc) is 3.08. The van der Waals surface area contributed by atoms with Crippen molar-refractivity contribution in [2.75, 3.05) is 5.32 Å². The second-order valence-electron chi connectivity index (χ2n) is 6.06. The van der Waals surface area contributed by atoms with Gasteiger partial charge in [-0.1, -0.05) is 66.7 Å². The first kappa shape index (κ1) is 17.0. The standard InChI is InChI=1S/C22H17N3OS/c26-21(16-11-5-2-6-12-16)25-22(27)24-20-17-13-7-8-14-18(17)23-19(20)15-9-3-1-4-10-15/h1-14,23H,(H2,24,25,26,27). The number of aromatic nitrogens is 1. The van der Waals surface area contributed by atoms with Crippen molar-refractivity contribution >= 4 is 39.8 Å². The molecule has 0 unspecified atom stereocenters. The highest BCUT2D eigenvalue weighted by molar-refractivity contribution is 7.80. The minimum atomic E-state index is -0.241. The minimum Gasteiger partial charge on any atom is -0.353 e. The lowest BCUT2D eigenvalue weighted by molar-refractivity contribution is 0.0977. The molecule has 27 heavy (non-hydrogen) atoms. The van der Waals surface area contributed by atoms with Crippen LogP contribution in [0.25, 0.3) is 22.2 Å². The van der Waals surface area contributed by atoms with E-state index < -0.39 is 0 Å². The van der Waals surface area contributed by atoms with Crippen molar-refractivity contribution in [2.45, 2.75) is 0 Å². The Labute approximate surface area is 162 Å². The van der Waals surface area contributed by atoms with E-state index in [1.807, 2.05) is 72.8 Å². The first-order valence-corrected chi connectivity index (χ1v) is 8.97. The molecule has 0 fully saturated rings. The summed E-state index contributed by atoms with van der Waals surface area (Å²) in [7, 11) is 0. The van der Waals surface area contributed by atoms with Crippen molar-refractivity contribution in [2.24, 2.45) is 0 Å². The molecule has 1 heterocycles. The molecule has 4 rings (SSSR count). The fourth-order valence-corrected chi connectivity index (χ4v) is 3.20. The van der Waals surface area contributed by atoms with E-state index in [1.165, 1.54) is 0 Å². The highest BCUT2D eigenvalue weighted by Crippen LogP contribution is 2.34. The van der Waals surface area contributed by atoms with E-state index in [4.69, 9.17) is 12.2 Å². The van der Waals surface area contributed by atoms with Crippen LogP contribution in [0.1, 0.15) is 10.4 Å². The Morgan fingerprint density at radius 1 is 0.815 bits per heavy atom. The Morgan fingerprint density at radius 2 is 1.44 bits per heavy atom. The van der Waals surface area contributed by atoms with E-state index >= 15 is 0 Å². The van der Waals surface area contributed by atoms with Crippen LogP contribution in [-0.4, -0.2) is 16.0 Å². The van der Waals surface area contributed by atoms with Crippen molar-refractivity contribution < 1.29 is 4.79 Å². The number of fused-ring (bicyclic) bond motifs is 1. The van der Waals surface area contributed by atoms with Gasteiger partial charge in [0.15, 0.2) is 5.11 Å². The van der Waals surface area contributed by atoms with Crippen molar-refractivity contribution in [1.29, 1.82) is 0 Å². The third-order valence-corrected chi connectivity index (χ3v) is 4.47. The van der Waals surface area contributed by atoms with Gasteiger partial charge in [-0.15, -0.1) is 0 Å². The summed E-state index contributed by atoms with van der Waals surface area (Å²) >= 11 is 5.39. The number of amides is 1. The average molecular weight is 371 g/mol. The molecular formula is C22H17N3OS. The first-order valence-electron chi connectivity index (χ1n) is 8.56. The highest BCUT2D eigenvalue weighted by Gasteiger charge is 2.15. The topological polar surface area (TPSA) is 56.9 Å². The molecule has 0 radical (unpaired) electrons. The number of anilines is 1. The van der Waals surface area contributed by atoms with Crippen LogP contribution in [0.2, 0.25) is 0 Å². The lowest BCUT2D eigenvalue weighted by Gasteiger charge is -2.11. The zero-order chi connectivity index (χ0) is 18.6. The van der Waals surface area contributed by atoms with Gasteiger partial charge in [-0.2, -0.15) is 0 Å². The quantitative estimate of drug-likeness (QED) is 0.446. The molecule has 1 aromatic heterocycles. The fourth-order valence-electron chi connectivity index (χ4n) is 3.00. The predicted octanol–water partition coefficient (Wildman–Crippen LogP) is 4.96. The molecule has 5 heteroatoms. The van der Waals surface area contributed by atoms with Gasteiger partial charge in [0.2, 0.25) is 0 Å². The number of H-pyrrole nitrogens is 1. The molecule has 0 saturated carbocycles. The van der Waals surface area contributed by atoms with Crippen molar-refractivity contribution in [3.63, 3.8) is 0 Å². The van der Waals surface area contributed by atoms with Gasteiger partial charge >= 0.3 is 0 Å². The van der Waals surface area contributed by atoms with Crippen LogP contribution < -0.4 is 10.6 Å². The van der Waals surface area contributed by atoms with Gasteiger partial charge in [0.05, 0.1) is 11.4 Å². The summed E-state index contributed by atoms with van der Waals surface area (Å²) in [5.74, 6) is -0.241. The molecule has 0 aliphatic heterocycles. The Morgan fingerprint density at radius 3 is 2.19 bits per heavy atom. The van der Waals surface area contributed by atoms with Crippen LogP contribution in [0.5, 0.6) is 0 Å². The van der Waals surface area contributed by atoms with E-state index in [0.29, 0.717) is 5.56 Å². The van der Waals surface area contributed by atoms with Gasteiger partial charge in [0.25, 0.3) is 5.91 Å². The summed E-state index contributed by atoms with van der Waals surface area (Å²) in [6.07, 6.45) is 0. The summed E-state index contributed by atoms with van der Waals surface area (Å²) in [5, 5.41) is 7.21. The summed E-state index contributed by atoms with van der Waals surface area (Å²) in [6, 6.07) is 27.0. The van der Waals surface area contributed by atoms with Gasteiger partial charge in [-0.25, -0.2) is 0 Å². The van der Waals surface area contributed by atoms with E-state index in [1.54, 1.807) is 12.1 Å². The van der Waals surface area contributed by atoms with Crippen molar-refractivity contribution in [1.82, 2.24) is 10.3 Å². The number of nitrogens with one attached hydrogen (secondary N) is 3. The van der Waals surface area contributed by atoms with E-state index in [9.17, 15) is 4.79 Å². The Kier molecular flexibility index (Phi) is 4.68. The molecule has 0 aliphatic carbocycles. The molecule has 3 aromatic carbocycles. The van der Waals surface area contributed by atoms with Gasteiger partial charge < -0.3 is 10.3 Å². The Bertz CT molecular complexity index is 1100. The zero-order valence-corrected chi connectivity index (χ0v) is 15.2. The van der Waals surface area contributed by atoms with Crippen molar-refractivity contribution in [3.05, 3.63) is 90.5 Å². The number of thiocarbonyl (C=S) groups is 1. The molecular weight excluding hydrogens is 354 g/mol. The van der Waals surface area contributed by atoms with E-state index in [2.05, 4.69) is 15.6 Å². The van der Waals surface area contributed by atoms with Crippen LogP contribution in [0.4, 0.5) is 5.69 Å². The van der Waals surface area contributed by atoms with Crippen LogP contribution in [-0.2, 0) is 0 Å². The maximum atomic E-state index is 12.4. The van der Waals surface area contributed by atoms with Crippen LogP contribution in [0.3, 0.4) is 0 Å². The third kappa shape index (κ3) is 3.59. The fraction of sp³-hybridized carbons (Fsp3) is 0. The third-order valence-electron chi connectivity index (χ3n) is 4.27. The maximum absolute atomic E-state index is 12.4. The molecule has 3 N–H and O–H groups in total. The number of carbonyl (C=O) groups is 1. The van der Waals surface area contributed by atoms with Crippen molar-refractivity contribution in [3.8, 4) is 11.3 Å². The Balaban J connectivity index is 1.65. The molecule has 1 amide bonds. The minimum absolute atomic E-state index is 0.241. The smallest absolute Gasteiger partial charge is 0.257 e. The van der Waals surface area contributed by atoms with E-state index in [0.717, 1.165) is 27.8 Å². The number of carbonyl (C=O) groups excluding carboxylic acids is 1. The zero-order valence-electron chi connectivity index (χ0n) is 14.4. The van der Waals surface area contributed by atoms with Gasteiger partial charge in [-0.05, 0) is 30.4 Å². The molecule has 132 valence electrons. The number of hydrogen-bond donors (Lipinski definition) is 3. The molecule has 0 aliphatic rings. The predicted molar refractivity (Wildman–Crippen MR) is 114 cm³/mol. The molecule has 4 nitrogen and oxygen atoms in total. The normalized spacial score (nSPS) is 10.5. The maximum Gasteiger partial charge on any atom is 0.257 e. The first-order chi connectivity index (χ1) is 13.2. The number of hydrogen-bond acceptors (Lipinski definition) is 2. The van der Waals surface area contributed by atoms with Gasteiger partial charge in [-0.3, -0.25) is 10.1 Å². The lowest BCUT2D eigenvalue weighted by Crippen LogP contribution is -2.34. The van der Waals surface area contributed by atoms with E-state index in [-0.39, 0.29) is 11.0 Å². The largest absolute Gasteiger partial charge is 0.353 e. The van der Waals surface area contributed by atoms with Gasteiger partial charge in [0, 0.05) is 22.0 Å². The number of para-hydroxylation sites is 1.